The van der Waals surface area contributed by atoms with Crippen molar-refractivity contribution in [2.75, 3.05) is 11.4 Å². The number of nitrogens with zero attached hydrogens (tertiary/aromatic N) is 3. The van der Waals surface area contributed by atoms with Crippen molar-refractivity contribution in [2.45, 2.75) is 124 Å². The first-order valence-electron chi connectivity index (χ1n) is 17.4. The number of nitrogens with one attached hydrogen (secondary N) is 1. The molecular formula is C36H55N5O8. The van der Waals surface area contributed by atoms with Gasteiger partial charge in [0.1, 0.15) is 24.2 Å². The Labute approximate surface area is 289 Å². The van der Waals surface area contributed by atoms with Gasteiger partial charge < -0.3 is 21.1 Å². The smallest absolute Gasteiger partial charge is 0.326 e. The third kappa shape index (κ3) is 9.96. The van der Waals surface area contributed by atoms with Crippen LogP contribution in [0.5, 0.6) is 0 Å². The van der Waals surface area contributed by atoms with Crippen LogP contribution in [0.15, 0.2) is 30.3 Å². The van der Waals surface area contributed by atoms with Crippen LogP contribution in [-0.4, -0.2) is 92.9 Å². The van der Waals surface area contributed by atoms with E-state index in [-0.39, 0.29) is 37.6 Å². The molecule has 1 heterocycles. The highest BCUT2D eigenvalue weighted by Crippen LogP contribution is 2.29. The number of rotatable bonds is 17. The van der Waals surface area contributed by atoms with Gasteiger partial charge >= 0.3 is 5.97 Å². The molecule has 2 rings (SSSR count). The first-order valence-corrected chi connectivity index (χ1v) is 17.4. The normalized spacial score (nSPS) is 17.0. The van der Waals surface area contributed by atoms with Gasteiger partial charge in [-0.15, -0.1) is 0 Å². The standard InChI is InChI=1S/C36H55N5O8/c1-9-15-26(42)34(46)41(31(28(37)21(3)4)32(44)38-29(22(5)6)36(48)49)33(45)25-19-14-20-39(25)35(47)30(23(7)8)40(27(43)16-10-2)24-17-12-11-13-18-24/h11-13,17-18,21-23,25,28-31H,9-10,14-16,19-20,37H2,1-8H3,(H,38,44)(H,48,49)/t25-,28?,29-,30-,31+/m0/s1. The van der Waals surface area contributed by atoms with Crippen LogP contribution in [-0.2, 0) is 33.6 Å². The molecule has 0 aromatic heterocycles. The first-order chi connectivity index (χ1) is 23.0. The van der Waals surface area contributed by atoms with E-state index in [4.69, 9.17) is 5.73 Å². The van der Waals surface area contributed by atoms with Crippen molar-refractivity contribution >= 4 is 47.0 Å². The Hall–Kier alpha value is -4.13. The van der Waals surface area contributed by atoms with Crippen LogP contribution in [0, 0.1) is 17.8 Å². The molecule has 1 unspecified atom stereocenters. The van der Waals surface area contributed by atoms with Gasteiger partial charge in [0, 0.05) is 31.1 Å². The number of anilines is 1. The zero-order valence-electron chi connectivity index (χ0n) is 30.2. The minimum Gasteiger partial charge on any atom is -0.480 e. The van der Waals surface area contributed by atoms with Gasteiger partial charge in [-0.05, 0) is 55.6 Å². The Morgan fingerprint density at radius 1 is 0.878 bits per heavy atom. The second-order valence-electron chi connectivity index (χ2n) is 13.7. The lowest BCUT2D eigenvalue weighted by atomic mass is 9.93. The Bertz CT molecular complexity index is 1350. The van der Waals surface area contributed by atoms with E-state index in [1.54, 1.807) is 78.8 Å². The molecule has 0 aliphatic carbocycles. The summed E-state index contributed by atoms with van der Waals surface area (Å²) in [6.45, 7) is 13.8. The highest BCUT2D eigenvalue weighted by Gasteiger charge is 2.49. The monoisotopic (exact) mass is 685 g/mol. The quantitative estimate of drug-likeness (QED) is 0.207. The second-order valence-corrected chi connectivity index (χ2v) is 13.7. The summed E-state index contributed by atoms with van der Waals surface area (Å²) in [5, 5.41) is 12.2. The number of benzene rings is 1. The number of ketones is 1. The maximum atomic E-state index is 14.6. The van der Waals surface area contributed by atoms with Crippen LogP contribution in [0.1, 0.15) is 93.9 Å². The van der Waals surface area contributed by atoms with Crippen molar-refractivity contribution in [1.29, 1.82) is 0 Å². The van der Waals surface area contributed by atoms with Crippen LogP contribution in [0.3, 0.4) is 0 Å². The molecule has 1 aromatic carbocycles. The van der Waals surface area contributed by atoms with Gasteiger partial charge in [-0.1, -0.05) is 73.6 Å². The van der Waals surface area contributed by atoms with Crippen molar-refractivity contribution in [2.24, 2.45) is 23.5 Å². The molecule has 1 saturated heterocycles. The fraction of sp³-hybridized carbons (Fsp3) is 0.639. The maximum Gasteiger partial charge on any atom is 0.326 e. The van der Waals surface area contributed by atoms with E-state index >= 15 is 0 Å². The average Bonchev–Trinajstić information content (AvgIpc) is 3.54. The number of amides is 5. The largest absolute Gasteiger partial charge is 0.480 e. The summed E-state index contributed by atoms with van der Waals surface area (Å²) in [6, 6.07) is 2.26. The molecule has 1 aliphatic rings. The molecule has 0 radical (unpaired) electrons. The van der Waals surface area contributed by atoms with Gasteiger partial charge in [0.2, 0.25) is 23.5 Å². The van der Waals surface area contributed by atoms with Crippen molar-refractivity contribution in [3.05, 3.63) is 30.3 Å². The van der Waals surface area contributed by atoms with Crippen LogP contribution < -0.4 is 16.0 Å². The third-order valence-corrected chi connectivity index (χ3v) is 8.83. The summed E-state index contributed by atoms with van der Waals surface area (Å²) in [5.41, 5.74) is 7.02. The predicted octanol–water partition coefficient (Wildman–Crippen LogP) is 3.14. The summed E-state index contributed by atoms with van der Waals surface area (Å²) in [6.07, 6.45) is 1.34. The molecule has 1 fully saturated rings. The third-order valence-electron chi connectivity index (χ3n) is 8.83. The van der Waals surface area contributed by atoms with E-state index in [2.05, 4.69) is 5.32 Å². The molecule has 1 aliphatic heterocycles. The fourth-order valence-corrected chi connectivity index (χ4v) is 6.11. The highest BCUT2D eigenvalue weighted by molar-refractivity contribution is 6.39. The summed E-state index contributed by atoms with van der Waals surface area (Å²) in [4.78, 5) is 99.0. The molecule has 0 saturated carbocycles. The lowest BCUT2D eigenvalue weighted by molar-refractivity contribution is -0.161. The molecule has 13 heteroatoms. The molecule has 5 atom stereocenters. The number of carbonyl (C=O) groups is 7. The van der Waals surface area contributed by atoms with Crippen molar-refractivity contribution in [3.63, 3.8) is 0 Å². The Balaban J connectivity index is 2.70. The minimum absolute atomic E-state index is 0.129. The van der Waals surface area contributed by atoms with Gasteiger partial charge in [-0.3, -0.25) is 38.6 Å². The highest BCUT2D eigenvalue weighted by atomic mass is 16.4. The Kier molecular flexibility index (Phi) is 15.6. The zero-order valence-corrected chi connectivity index (χ0v) is 30.2. The summed E-state index contributed by atoms with van der Waals surface area (Å²) >= 11 is 0. The number of likely N-dealkylation sites (tertiary alicyclic amines) is 1. The molecule has 272 valence electrons. The van der Waals surface area contributed by atoms with Gasteiger partial charge in [0.15, 0.2) is 0 Å². The van der Waals surface area contributed by atoms with Crippen molar-refractivity contribution in [3.8, 4) is 0 Å². The maximum absolute atomic E-state index is 14.6. The number of hydrogen-bond donors (Lipinski definition) is 3. The molecular weight excluding hydrogens is 630 g/mol. The van der Waals surface area contributed by atoms with Crippen LogP contribution in [0.25, 0.3) is 0 Å². The van der Waals surface area contributed by atoms with Crippen LogP contribution >= 0.6 is 0 Å². The first kappa shape index (κ1) is 41.0. The number of carbonyl (C=O) groups excluding carboxylic acids is 6. The SMILES string of the molecule is CCCC(=O)C(=O)N(C(=O)[C@@H]1CCCN1C(=O)[C@H](C(C)C)N(C(=O)CCC)c1ccccc1)[C@@H](C(=O)N[C@H](C(=O)O)C(C)C)C(N)C(C)C. The van der Waals surface area contributed by atoms with Gasteiger partial charge in [0.25, 0.3) is 11.8 Å². The average molecular weight is 686 g/mol. The van der Waals surface area contributed by atoms with E-state index in [9.17, 15) is 38.7 Å². The molecule has 0 bridgehead atoms. The minimum atomic E-state index is -1.74. The number of imide groups is 1. The molecule has 1 aromatic rings. The van der Waals surface area contributed by atoms with Crippen LogP contribution in [0.2, 0.25) is 0 Å². The molecule has 0 spiro atoms. The lowest BCUT2D eigenvalue weighted by Crippen LogP contribution is -2.66. The van der Waals surface area contributed by atoms with Crippen LogP contribution in [0.4, 0.5) is 5.69 Å². The van der Waals surface area contributed by atoms with Gasteiger partial charge in [-0.2, -0.15) is 0 Å². The van der Waals surface area contributed by atoms with E-state index in [0.717, 1.165) is 0 Å². The van der Waals surface area contributed by atoms with E-state index in [1.807, 2.05) is 6.92 Å². The number of aliphatic carboxylic acids is 1. The van der Waals surface area contributed by atoms with Gasteiger partial charge in [0.05, 0.1) is 0 Å². The molecule has 49 heavy (non-hydrogen) atoms. The van der Waals surface area contributed by atoms with E-state index in [1.165, 1.54) is 9.80 Å². The summed E-state index contributed by atoms with van der Waals surface area (Å²) in [7, 11) is 0. The van der Waals surface area contributed by atoms with Crippen molar-refractivity contribution < 1.29 is 38.7 Å². The Morgan fingerprint density at radius 2 is 1.47 bits per heavy atom. The van der Waals surface area contributed by atoms with E-state index in [0.29, 0.717) is 29.8 Å². The number of carboxylic acid groups (broad SMARTS) is 1. The Morgan fingerprint density at radius 3 is 1.96 bits per heavy atom. The zero-order chi connectivity index (χ0) is 37.2. The van der Waals surface area contributed by atoms with Gasteiger partial charge in [-0.25, -0.2) is 4.79 Å². The predicted molar refractivity (Wildman–Crippen MR) is 185 cm³/mol. The number of hydrogen-bond acceptors (Lipinski definition) is 8. The number of para-hydroxylation sites is 1. The molecule has 13 nitrogen and oxygen atoms in total. The number of carboxylic acids is 1. The fourth-order valence-electron chi connectivity index (χ4n) is 6.11. The number of nitrogens with two attached hydrogens (primary N) is 1. The number of Topliss-reactive ketones (excluding diaryl/α,β-unsaturated/α-hetero) is 1. The molecule has 5 amide bonds. The lowest BCUT2D eigenvalue weighted by Gasteiger charge is -2.40. The summed E-state index contributed by atoms with van der Waals surface area (Å²) < 4.78 is 0. The topological polar surface area (TPSA) is 187 Å². The summed E-state index contributed by atoms with van der Waals surface area (Å²) in [5.74, 6) is -7.64. The molecule has 4 N–H and O–H groups in total. The van der Waals surface area contributed by atoms with E-state index < -0.39 is 77.4 Å². The second kappa shape index (κ2) is 18.6. The van der Waals surface area contributed by atoms with Crippen molar-refractivity contribution in [1.82, 2.24) is 15.1 Å².